The average Bonchev–Trinajstić information content (AvgIpc) is 3.31. The molecule has 2 aliphatic carbocycles. The third-order valence-electron chi connectivity index (χ3n) is 12.1. The topological polar surface area (TPSA) is 3.24 Å². The predicted octanol–water partition coefficient (Wildman–Crippen LogP) is 16.8. The molecule has 0 bridgehead atoms. The first kappa shape index (κ1) is 41.1. The smallest absolute Gasteiger partial charge is 0.0467 e. The molecule has 0 N–H and O–H groups in total. The highest BCUT2D eigenvalue weighted by molar-refractivity contribution is 5.88. The van der Waals surface area contributed by atoms with Crippen LogP contribution < -0.4 is 4.90 Å². The zero-order valence-corrected chi connectivity index (χ0v) is 35.9. The van der Waals surface area contributed by atoms with Crippen molar-refractivity contribution < 1.29 is 0 Å². The van der Waals surface area contributed by atoms with Crippen LogP contribution in [0.25, 0.3) is 38.6 Å². The predicted molar refractivity (Wildman–Crippen MR) is 264 cm³/mol. The summed E-state index contributed by atoms with van der Waals surface area (Å²) in [4.78, 5) is 2.45. The maximum atomic E-state index is 2.51. The Balaban J connectivity index is 1.15. The van der Waals surface area contributed by atoms with Crippen molar-refractivity contribution in [3.05, 3.63) is 246 Å². The second kappa shape index (κ2) is 20.0. The summed E-state index contributed by atoms with van der Waals surface area (Å²) >= 11 is 0. The van der Waals surface area contributed by atoms with E-state index in [9.17, 15) is 0 Å². The Hall–Kier alpha value is -6.70. The Morgan fingerprint density at radius 2 is 1.31 bits per heavy atom. The molecule has 61 heavy (non-hydrogen) atoms. The minimum absolute atomic E-state index is 0.392. The molecule has 6 aromatic rings. The van der Waals surface area contributed by atoms with E-state index < -0.39 is 0 Å². The maximum absolute atomic E-state index is 2.51. The molecule has 0 saturated carbocycles. The van der Waals surface area contributed by atoms with Gasteiger partial charge in [0.15, 0.2) is 0 Å². The highest BCUT2D eigenvalue weighted by Crippen LogP contribution is 2.40. The summed E-state index contributed by atoms with van der Waals surface area (Å²) < 4.78 is 0. The summed E-state index contributed by atoms with van der Waals surface area (Å²) in [6.07, 6.45) is 24.3. The lowest BCUT2D eigenvalue weighted by Crippen LogP contribution is -2.18. The molecule has 0 fully saturated rings. The van der Waals surface area contributed by atoms with Crippen molar-refractivity contribution >= 4 is 27.7 Å². The normalized spacial score (nSPS) is 16.4. The molecule has 0 radical (unpaired) electrons. The third-order valence-corrected chi connectivity index (χ3v) is 12.1. The zero-order valence-electron chi connectivity index (χ0n) is 35.9. The van der Waals surface area contributed by atoms with Gasteiger partial charge in [0.25, 0.3) is 0 Å². The molecule has 0 aliphatic heterocycles. The molecule has 1 heteroatoms. The SMILES string of the molecule is C/C=C(\C=C/Cc1ccc(N(C2=CCC(C3=CCC(C)C(CCC)=C3)C=C2)c2ccc(-c3ccc4ccccc4c3)cc2)cc1-c1ccccc1)c1ccccccccc1. The first-order chi connectivity index (χ1) is 30.1. The van der Waals surface area contributed by atoms with Crippen molar-refractivity contribution in [2.24, 2.45) is 11.8 Å². The molecule has 2 aliphatic rings. The lowest BCUT2D eigenvalue weighted by molar-refractivity contribution is 0.622. The number of benzene rings is 5. The van der Waals surface area contributed by atoms with E-state index in [1.807, 2.05) is 6.07 Å². The summed E-state index contributed by atoms with van der Waals surface area (Å²) in [5.74, 6) is 1.03. The van der Waals surface area contributed by atoms with E-state index in [-0.39, 0.29) is 0 Å². The van der Waals surface area contributed by atoms with Crippen LogP contribution in [-0.2, 0) is 6.42 Å². The number of hydrogen-bond acceptors (Lipinski definition) is 1. The van der Waals surface area contributed by atoms with E-state index >= 15 is 0 Å². The number of anilines is 2. The van der Waals surface area contributed by atoms with E-state index in [0.29, 0.717) is 11.8 Å². The summed E-state index contributed by atoms with van der Waals surface area (Å²) in [5, 5.41) is 2.52. The number of rotatable bonds is 12. The standard InChI is InChI=1S/C60H57N/c1-4-19-53-42-55(29-28-45(53)3)49-32-37-57(38-33-49)61(58-39-34-50(35-40-58)56-31-30-48-22-16-17-25-54(48)43-56)59-41-36-52(60(44-59)51-23-14-11-15-24-51)27-18-26-46(5-2)47-20-12-9-7-6-8-10-13-21-47/h5-18,20-26,29-32,34-45,49H,4,19,27-28,33H2,1-3H3/b7-6?,8-6?,9-7?,10-8?,12-9?,13-10?,20-12?,21-13?,26-18-,46-5+,47-20?,47-21?. The summed E-state index contributed by atoms with van der Waals surface area (Å²) in [6, 6.07) is 61.3. The van der Waals surface area contributed by atoms with Gasteiger partial charge >= 0.3 is 0 Å². The van der Waals surface area contributed by atoms with Gasteiger partial charge in [-0.05, 0) is 130 Å². The minimum atomic E-state index is 0.392. The van der Waals surface area contributed by atoms with Gasteiger partial charge in [0.05, 0.1) is 0 Å². The first-order valence-electron chi connectivity index (χ1n) is 22.2. The van der Waals surface area contributed by atoms with Gasteiger partial charge in [-0.3, -0.25) is 0 Å². The maximum Gasteiger partial charge on any atom is 0.0467 e. The van der Waals surface area contributed by atoms with E-state index in [4.69, 9.17) is 0 Å². The second-order valence-corrected chi connectivity index (χ2v) is 16.3. The molecule has 0 saturated heterocycles. The monoisotopic (exact) mass is 791 g/mol. The lowest BCUT2D eigenvalue weighted by atomic mass is 9.81. The Morgan fingerprint density at radius 3 is 2.03 bits per heavy atom. The van der Waals surface area contributed by atoms with Crippen LogP contribution in [-0.4, -0.2) is 0 Å². The van der Waals surface area contributed by atoms with Gasteiger partial charge in [0.2, 0.25) is 0 Å². The highest BCUT2D eigenvalue weighted by atomic mass is 15.1. The number of hydrogen-bond donors (Lipinski definition) is 0. The molecule has 0 heterocycles. The second-order valence-electron chi connectivity index (χ2n) is 16.3. The molecule has 0 aromatic heterocycles. The van der Waals surface area contributed by atoms with Crippen LogP contribution in [0.3, 0.4) is 0 Å². The minimum Gasteiger partial charge on any atom is -0.311 e. The van der Waals surface area contributed by atoms with Crippen LogP contribution in [0.1, 0.15) is 57.6 Å². The van der Waals surface area contributed by atoms with Crippen LogP contribution in [0, 0.1) is 11.8 Å². The molecule has 0 spiro atoms. The molecule has 302 valence electrons. The lowest BCUT2D eigenvalue weighted by Gasteiger charge is -2.31. The van der Waals surface area contributed by atoms with Crippen molar-refractivity contribution in [2.45, 2.75) is 52.9 Å². The van der Waals surface area contributed by atoms with E-state index in [1.165, 1.54) is 73.8 Å². The van der Waals surface area contributed by atoms with Gasteiger partial charge in [0, 0.05) is 23.0 Å². The Kier molecular flexibility index (Phi) is 13.5. The Morgan fingerprint density at radius 1 is 0.639 bits per heavy atom. The molecule has 2 atom stereocenters. The highest BCUT2D eigenvalue weighted by Gasteiger charge is 2.22. The van der Waals surface area contributed by atoms with E-state index in [0.717, 1.165) is 30.6 Å². The van der Waals surface area contributed by atoms with Crippen LogP contribution in [0.15, 0.2) is 235 Å². The van der Waals surface area contributed by atoms with Crippen molar-refractivity contribution in [3.63, 3.8) is 0 Å². The fourth-order valence-electron chi connectivity index (χ4n) is 8.71. The molecule has 0 amide bonds. The van der Waals surface area contributed by atoms with Crippen LogP contribution in [0.4, 0.5) is 11.4 Å². The molecular weight excluding hydrogens is 735 g/mol. The van der Waals surface area contributed by atoms with Crippen molar-refractivity contribution in [2.75, 3.05) is 4.90 Å². The fourth-order valence-corrected chi connectivity index (χ4v) is 8.71. The molecular formula is C60H57N. The molecule has 1 nitrogen and oxygen atoms in total. The molecule has 6 aromatic carbocycles. The van der Waals surface area contributed by atoms with E-state index in [1.54, 1.807) is 5.57 Å². The van der Waals surface area contributed by atoms with Gasteiger partial charge in [-0.25, -0.2) is 0 Å². The molecule has 2 unspecified atom stereocenters. The van der Waals surface area contributed by atoms with Gasteiger partial charge in [-0.1, -0.05) is 208 Å². The Bertz CT molecular complexity index is 2680. The zero-order chi connectivity index (χ0) is 41.8. The average molecular weight is 792 g/mol. The number of allylic oxidation sites excluding steroid dienone is 11. The van der Waals surface area contributed by atoms with Gasteiger partial charge < -0.3 is 4.90 Å². The van der Waals surface area contributed by atoms with Crippen LogP contribution in [0.5, 0.6) is 0 Å². The summed E-state index contributed by atoms with van der Waals surface area (Å²) in [7, 11) is 0. The van der Waals surface area contributed by atoms with Crippen molar-refractivity contribution in [1.82, 2.24) is 0 Å². The quantitative estimate of drug-likeness (QED) is 0.112. The van der Waals surface area contributed by atoms with E-state index in [2.05, 4.69) is 238 Å². The first-order valence-corrected chi connectivity index (χ1v) is 22.2. The third kappa shape index (κ3) is 10.0. The Labute approximate surface area is 364 Å². The fraction of sp³-hybridized carbons (Fsp3) is 0.167. The van der Waals surface area contributed by atoms with Crippen molar-refractivity contribution in [3.8, 4) is 22.3 Å². The number of fused-ring (bicyclic) bond motifs is 1. The van der Waals surface area contributed by atoms with Crippen LogP contribution >= 0.6 is 0 Å². The summed E-state index contributed by atoms with van der Waals surface area (Å²) in [5.41, 5.74) is 15.1. The van der Waals surface area contributed by atoms with Crippen molar-refractivity contribution in [1.29, 1.82) is 0 Å². The summed E-state index contributed by atoms with van der Waals surface area (Å²) in [6.45, 7) is 6.79. The number of nitrogens with zero attached hydrogens (tertiary/aromatic N) is 1. The largest absolute Gasteiger partial charge is 0.311 e. The molecule has 8 rings (SSSR count). The van der Waals surface area contributed by atoms with Gasteiger partial charge in [-0.15, -0.1) is 0 Å². The van der Waals surface area contributed by atoms with Crippen LogP contribution in [0.2, 0.25) is 0 Å². The van der Waals surface area contributed by atoms with Gasteiger partial charge in [0.1, 0.15) is 0 Å². The van der Waals surface area contributed by atoms with Gasteiger partial charge in [-0.2, -0.15) is 0 Å².